The van der Waals surface area contributed by atoms with Crippen molar-refractivity contribution >= 4 is 11.8 Å². The quantitative estimate of drug-likeness (QED) is 0.778. The van der Waals surface area contributed by atoms with Gasteiger partial charge in [0.2, 0.25) is 11.8 Å². The molecule has 5 heteroatoms. The van der Waals surface area contributed by atoms with Gasteiger partial charge in [0, 0.05) is 25.1 Å². The Morgan fingerprint density at radius 1 is 1.43 bits per heavy atom. The van der Waals surface area contributed by atoms with Crippen molar-refractivity contribution in [3.05, 3.63) is 35.4 Å². The summed E-state index contributed by atoms with van der Waals surface area (Å²) in [4.78, 5) is 24.9. The fourth-order valence-electron chi connectivity index (χ4n) is 2.21. The average molecular weight is 285 g/mol. The summed E-state index contributed by atoms with van der Waals surface area (Å²) < 4.78 is 0. The molecule has 1 aromatic rings. The minimum Gasteiger partial charge on any atom is -0.350 e. The first-order valence-corrected chi connectivity index (χ1v) is 7.01. The Balaban J connectivity index is 1.84. The molecule has 0 aliphatic carbocycles. The SMILES string of the molecule is NCC#Cc1cccc(CNC(=O)CN2CCCC2=O)c1. The number of nitrogens with two attached hydrogens (primary N) is 1. The average Bonchev–Trinajstić information content (AvgIpc) is 2.89. The van der Waals surface area contributed by atoms with E-state index >= 15 is 0 Å². The maximum atomic E-state index is 11.8. The number of rotatable bonds is 4. The lowest BCUT2D eigenvalue weighted by molar-refractivity contribution is -0.133. The third-order valence-corrected chi connectivity index (χ3v) is 3.26. The van der Waals surface area contributed by atoms with Gasteiger partial charge in [-0.05, 0) is 24.1 Å². The van der Waals surface area contributed by atoms with E-state index in [1.165, 1.54) is 0 Å². The molecule has 0 atom stereocenters. The van der Waals surface area contributed by atoms with E-state index in [4.69, 9.17) is 5.73 Å². The van der Waals surface area contributed by atoms with Crippen LogP contribution in [0.1, 0.15) is 24.0 Å². The molecule has 0 bridgehead atoms. The van der Waals surface area contributed by atoms with E-state index in [0.717, 1.165) is 17.5 Å². The third-order valence-electron chi connectivity index (χ3n) is 3.26. The van der Waals surface area contributed by atoms with E-state index < -0.39 is 0 Å². The first-order valence-electron chi connectivity index (χ1n) is 7.01. The number of nitrogens with one attached hydrogen (secondary N) is 1. The zero-order chi connectivity index (χ0) is 15.1. The summed E-state index contributed by atoms with van der Waals surface area (Å²) in [6, 6.07) is 7.64. The van der Waals surface area contributed by atoms with Crippen molar-refractivity contribution in [2.75, 3.05) is 19.6 Å². The molecule has 1 aliphatic heterocycles. The fourth-order valence-corrected chi connectivity index (χ4v) is 2.21. The minimum absolute atomic E-state index is 0.0595. The van der Waals surface area contributed by atoms with Crippen LogP contribution in [0.4, 0.5) is 0 Å². The summed E-state index contributed by atoms with van der Waals surface area (Å²) in [6.45, 7) is 1.58. The number of hydrogen-bond donors (Lipinski definition) is 2. The molecule has 1 fully saturated rings. The fraction of sp³-hybridized carbons (Fsp3) is 0.375. The van der Waals surface area contributed by atoms with Crippen LogP contribution in [0.5, 0.6) is 0 Å². The lowest BCUT2D eigenvalue weighted by Gasteiger charge is -2.15. The van der Waals surface area contributed by atoms with Gasteiger partial charge < -0.3 is 16.0 Å². The van der Waals surface area contributed by atoms with E-state index in [1.54, 1.807) is 4.90 Å². The molecule has 1 aliphatic rings. The second-order valence-corrected chi connectivity index (χ2v) is 4.90. The van der Waals surface area contributed by atoms with E-state index in [9.17, 15) is 9.59 Å². The molecule has 0 unspecified atom stereocenters. The van der Waals surface area contributed by atoms with Crippen LogP contribution >= 0.6 is 0 Å². The van der Waals surface area contributed by atoms with E-state index in [2.05, 4.69) is 17.2 Å². The lowest BCUT2D eigenvalue weighted by atomic mass is 10.1. The Labute approximate surface area is 124 Å². The maximum absolute atomic E-state index is 11.8. The monoisotopic (exact) mass is 285 g/mol. The number of carbonyl (C=O) groups is 2. The van der Waals surface area contributed by atoms with Gasteiger partial charge in [-0.25, -0.2) is 0 Å². The Hall–Kier alpha value is -2.32. The van der Waals surface area contributed by atoms with Crippen LogP contribution in [0.3, 0.4) is 0 Å². The highest BCUT2D eigenvalue weighted by Crippen LogP contribution is 2.08. The summed E-state index contributed by atoms with van der Waals surface area (Å²) in [5.41, 5.74) is 7.19. The van der Waals surface area contributed by atoms with Crippen LogP contribution < -0.4 is 11.1 Å². The molecule has 1 aromatic carbocycles. The number of amides is 2. The van der Waals surface area contributed by atoms with Gasteiger partial charge in [0.25, 0.3) is 0 Å². The molecular weight excluding hydrogens is 266 g/mol. The van der Waals surface area contributed by atoms with Crippen molar-refractivity contribution in [3.63, 3.8) is 0 Å². The van der Waals surface area contributed by atoms with Crippen molar-refractivity contribution in [2.24, 2.45) is 5.73 Å². The Kier molecular flexibility index (Phi) is 5.35. The second-order valence-electron chi connectivity index (χ2n) is 4.90. The highest BCUT2D eigenvalue weighted by molar-refractivity contribution is 5.85. The first-order chi connectivity index (χ1) is 10.2. The second kappa shape index (κ2) is 7.46. The Bertz CT molecular complexity index is 587. The summed E-state index contributed by atoms with van der Waals surface area (Å²) in [5, 5.41) is 2.82. The third kappa shape index (κ3) is 4.62. The largest absolute Gasteiger partial charge is 0.350 e. The number of likely N-dealkylation sites (tertiary alicyclic amines) is 1. The predicted octanol–water partition coefficient (Wildman–Crippen LogP) is 0.235. The van der Waals surface area contributed by atoms with Crippen molar-refractivity contribution in [1.29, 1.82) is 0 Å². The van der Waals surface area contributed by atoms with Crippen molar-refractivity contribution in [3.8, 4) is 11.8 Å². The Morgan fingerprint density at radius 3 is 3.00 bits per heavy atom. The van der Waals surface area contributed by atoms with E-state index in [0.29, 0.717) is 26.1 Å². The molecule has 0 spiro atoms. The Morgan fingerprint density at radius 2 is 2.29 bits per heavy atom. The zero-order valence-corrected chi connectivity index (χ0v) is 11.9. The molecule has 3 N–H and O–H groups in total. The molecule has 1 heterocycles. The minimum atomic E-state index is -0.135. The van der Waals surface area contributed by atoms with Crippen LogP contribution in [-0.4, -0.2) is 36.3 Å². The smallest absolute Gasteiger partial charge is 0.239 e. The lowest BCUT2D eigenvalue weighted by Crippen LogP contribution is -2.37. The molecule has 110 valence electrons. The molecule has 21 heavy (non-hydrogen) atoms. The molecule has 0 saturated carbocycles. The number of benzene rings is 1. The van der Waals surface area contributed by atoms with Crippen LogP contribution in [0.25, 0.3) is 0 Å². The highest BCUT2D eigenvalue weighted by Gasteiger charge is 2.21. The number of carbonyl (C=O) groups excluding carboxylic acids is 2. The topological polar surface area (TPSA) is 75.4 Å². The van der Waals surface area contributed by atoms with Gasteiger partial charge >= 0.3 is 0 Å². The van der Waals surface area contributed by atoms with Crippen molar-refractivity contribution in [2.45, 2.75) is 19.4 Å². The number of hydrogen-bond acceptors (Lipinski definition) is 3. The standard InChI is InChI=1S/C16H19N3O2/c17-8-2-6-13-4-1-5-14(10-13)11-18-15(20)12-19-9-3-7-16(19)21/h1,4-5,10H,3,7-9,11-12,17H2,(H,18,20). The van der Waals surface area contributed by atoms with Gasteiger partial charge in [0.15, 0.2) is 0 Å². The predicted molar refractivity (Wildman–Crippen MR) is 80.0 cm³/mol. The maximum Gasteiger partial charge on any atom is 0.239 e. The van der Waals surface area contributed by atoms with Gasteiger partial charge in [0.05, 0.1) is 13.1 Å². The normalized spacial score (nSPS) is 13.8. The molecule has 2 amide bonds. The van der Waals surface area contributed by atoms with E-state index in [1.807, 2.05) is 24.3 Å². The van der Waals surface area contributed by atoms with Crippen LogP contribution in [0, 0.1) is 11.8 Å². The van der Waals surface area contributed by atoms with E-state index in [-0.39, 0.29) is 18.4 Å². The number of nitrogens with zero attached hydrogens (tertiary/aromatic N) is 1. The van der Waals surface area contributed by atoms with Crippen molar-refractivity contribution in [1.82, 2.24) is 10.2 Å². The molecule has 5 nitrogen and oxygen atoms in total. The van der Waals surface area contributed by atoms with Crippen molar-refractivity contribution < 1.29 is 9.59 Å². The molecular formula is C16H19N3O2. The molecule has 2 rings (SSSR count). The molecule has 0 radical (unpaired) electrons. The summed E-state index contributed by atoms with van der Waals surface area (Å²) in [7, 11) is 0. The summed E-state index contributed by atoms with van der Waals surface area (Å²) >= 11 is 0. The van der Waals surface area contributed by atoms with Gasteiger partial charge in [-0.1, -0.05) is 24.0 Å². The van der Waals surface area contributed by atoms with Gasteiger partial charge in [-0.2, -0.15) is 0 Å². The summed E-state index contributed by atoms with van der Waals surface area (Å²) in [6.07, 6.45) is 1.39. The van der Waals surface area contributed by atoms with Crippen LogP contribution in [0.15, 0.2) is 24.3 Å². The van der Waals surface area contributed by atoms with Gasteiger partial charge in [0.1, 0.15) is 0 Å². The first kappa shape index (κ1) is 15.1. The zero-order valence-electron chi connectivity index (χ0n) is 11.9. The van der Waals surface area contributed by atoms with Gasteiger partial charge in [-0.15, -0.1) is 0 Å². The highest BCUT2D eigenvalue weighted by atomic mass is 16.2. The molecule has 1 saturated heterocycles. The summed E-state index contributed by atoms with van der Waals surface area (Å²) in [5.74, 6) is 5.68. The van der Waals surface area contributed by atoms with Crippen LogP contribution in [0.2, 0.25) is 0 Å². The van der Waals surface area contributed by atoms with Crippen LogP contribution in [-0.2, 0) is 16.1 Å². The molecule has 0 aromatic heterocycles. The van der Waals surface area contributed by atoms with Gasteiger partial charge in [-0.3, -0.25) is 9.59 Å².